The summed E-state index contributed by atoms with van der Waals surface area (Å²) in [5.74, 6) is -0.0948. The number of hydrogen-bond donors (Lipinski definition) is 4. The van der Waals surface area contributed by atoms with Crippen LogP contribution in [0.25, 0.3) is 32.4 Å². The number of amides is 3. The third-order valence-corrected chi connectivity index (χ3v) is 14.5. The number of carbonyl (C=O) groups excluding carboxylic acids is 3. The minimum Gasteiger partial charge on any atom is -0.493 e. The summed E-state index contributed by atoms with van der Waals surface area (Å²) in [6.45, 7) is 10.2. The minimum absolute atomic E-state index is 0.0289. The van der Waals surface area contributed by atoms with E-state index in [1.165, 1.54) is 16.2 Å². The fraction of sp³-hybridized carbons (Fsp3) is 0.400. The number of rotatable bonds is 20. The van der Waals surface area contributed by atoms with Gasteiger partial charge in [-0.15, -0.1) is 34.0 Å². The molecule has 1 aliphatic rings. The molecule has 7 rings (SSSR count). The number of unbranched alkanes of at least 4 members (excludes halogenated alkanes) is 5. The van der Waals surface area contributed by atoms with Crippen LogP contribution in [0.1, 0.15) is 96.4 Å². The van der Waals surface area contributed by atoms with Gasteiger partial charge in [-0.3, -0.25) is 14.4 Å². The van der Waals surface area contributed by atoms with Crippen LogP contribution in [-0.2, 0) is 14.4 Å². The Morgan fingerprint density at radius 3 is 2.32 bits per heavy atom. The van der Waals surface area contributed by atoms with Gasteiger partial charge in [-0.2, -0.15) is 0 Å². The zero-order valence-corrected chi connectivity index (χ0v) is 41.2. The molecule has 0 spiro atoms. The Morgan fingerprint density at radius 2 is 1.59 bits per heavy atom. The number of aliphatic hydroxyl groups is 1. The SMILES string of the molecule is Cc1ncsc1-c1ccc([C@H](C)NC(=O)[C@@H]2C[C@@H](O)CN2C(=O)[C@@H](NC(=O)CCCCCCCCOc2ccccc2-c2csc(-c3csc(Nc4ccc(Cl)cc4)n3)n2)C(C)(C)C)cc1. The molecule has 0 aliphatic carbocycles. The summed E-state index contributed by atoms with van der Waals surface area (Å²) in [7, 11) is 0. The standard InChI is InChI=1S/C50H58ClN7O5S3/c1-31(33-17-19-34(20-18-33)44-32(2)52-30-66-44)53-46(61)41-26-37(59)27-58(41)48(62)45(50(3,4)5)57-43(60)16-10-8-6-7-9-13-25-63-42-15-12-11-14-38(42)39-28-64-47(55-39)40-29-65-49(56-40)54-36-23-21-35(51)22-24-36/h11-12,14-15,17-24,28-31,37,41,45,59H,6-10,13,16,25-27H2,1-5H3,(H,53,61)(H,54,56)(H,57,60)/t31-,37+,41-,45+/m0/s1. The highest BCUT2D eigenvalue weighted by atomic mass is 35.5. The predicted molar refractivity (Wildman–Crippen MR) is 268 cm³/mol. The monoisotopic (exact) mass is 967 g/mol. The molecule has 3 aromatic carbocycles. The molecule has 0 bridgehead atoms. The van der Waals surface area contributed by atoms with E-state index in [9.17, 15) is 19.5 Å². The maximum absolute atomic E-state index is 14.1. The number of halogens is 1. The Morgan fingerprint density at radius 1 is 0.879 bits per heavy atom. The summed E-state index contributed by atoms with van der Waals surface area (Å²) >= 11 is 10.7. The number of β-amino-alcohol motifs (C(OH)–C–C–N with tert-alkyl or cyclic N) is 1. The van der Waals surface area contributed by atoms with Gasteiger partial charge in [0, 0.05) is 46.4 Å². The van der Waals surface area contributed by atoms with Crippen LogP contribution in [0.2, 0.25) is 5.02 Å². The quantitative estimate of drug-likeness (QED) is 0.0546. The van der Waals surface area contributed by atoms with Gasteiger partial charge in [0.05, 0.1) is 40.5 Å². The molecule has 4 heterocycles. The summed E-state index contributed by atoms with van der Waals surface area (Å²) in [6, 6.07) is 21.5. The lowest BCUT2D eigenvalue weighted by atomic mass is 9.85. The van der Waals surface area contributed by atoms with Crippen molar-refractivity contribution in [2.45, 2.75) is 110 Å². The van der Waals surface area contributed by atoms with Crippen LogP contribution < -0.4 is 20.7 Å². The second-order valence-corrected chi connectivity index (χ2v) is 20.8. The molecule has 4 N–H and O–H groups in total. The molecule has 4 atom stereocenters. The third kappa shape index (κ3) is 12.8. The Labute approximate surface area is 404 Å². The number of carbonyl (C=O) groups is 3. The van der Waals surface area contributed by atoms with E-state index in [4.69, 9.17) is 26.3 Å². The number of aryl methyl sites for hydroxylation is 1. The lowest BCUT2D eigenvalue weighted by molar-refractivity contribution is -0.144. The van der Waals surface area contributed by atoms with E-state index < -0.39 is 23.6 Å². The van der Waals surface area contributed by atoms with Crippen molar-refractivity contribution in [2.75, 3.05) is 18.5 Å². The zero-order chi connectivity index (χ0) is 46.8. The number of nitrogens with one attached hydrogen (secondary N) is 3. The summed E-state index contributed by atoms with van der Waals surface area (Å²) in [4.78, 5) is 57.6. The van der Waals surface area contributed by atoms with Crippen molar-refractivity contribution in [3.05, 3.63) is 105 Å². The maximum Gasteiger partial charge on any atom is 0.246 e. The van der Waals surface area contributed by atoms with Crippen molar-refractivity contribution in [1.29, 1.82) is 0 Å². The maximum atomic E-state index is 14.1. The topological polar surface area (TPSA) is 159 Å². The average molecular weight is 969 g/mol. The molecule has 0 unspecified atom stereocenters. The van der Waals surface area contributed by atoms with Crippen LogP contribution in [0.15, 0.2) is 89.1 Å². The molecular formula is C50H58ClN7O5S3. The van der Waals surface area contributed by atoms with Gasteiger partial charge >= 0.3 is 0 Å². The van der Waals surface area contributed by atoms with Crippen LogP contribution in [0.5, 0.6) is 5.75 Å². The van der Waals surface area contributed by atoms with Gasteiger partial charge in [-0.05, 0) is 79.6 Å². The van der Waals surface area contributed by atoms with E-state index in [0.29, 0.717) is 24.5 Å². The van der Waals surface area contributed by atoms with E-state index in [0.717, 1.165) is 92.3 Å². The molecule has 6 aromatic rings. The minimum atomic E-state index is -0.858. The van der Waals surface area contributed by atoms with Gasteiger partial charge in [0.1, 0.15) is 28.5 Å². The molecule has 0 saturated carbocycles. The van der Waals surface area contributed by atoms with Gasteiger partial charge in [0.15, 0.2) is 5.13 Å². The molecule has 1 saturated heterocycles. The number of benzene rings is 3. The number of para-hydroxylation sites is 1. The Balaban J connectivity index is 0.815. The van der Waals surface area contributed by atoms with E-state index in [-0.39, 0.29) is 36.7 Å². The average Bonchev–Trinajstić information content (AvgIpc) is 4.13. The number of nitrogens with zero attached hydrogens (tertiary/aromatic N) is 4. The summed E-state index contributed by atoms with van der Waals surface area (Å²) < 4.78 is 6.25. The molecule has 348 valence electrons. The first-order chi connectivity index (χ1) is 31.7. The molecule has 12 nitrogen and oxygen atoms in total. The molecule has 1 fully saturated rings. The number of likely N-dealkylation sites (tertiary alicyclic amines) is 1. The van der Waals surface area contributed by atoms with E-state index in [1.807, 2.05) is 124 Å². The third-order valence-electron chi connectivity index (χ3n) is 11.6. The van der Waals surface area contributed by atoms with Crippen molar-refractivity contribution in [3.63, 3.8) is 0 Å². The van der Waals surface area contributed by atoms with E-state index in [2.05, 4.69) is 20.9 Å². The Hall–Kier alpha value is -5.19. The van der Waals surface area contributed by atoms with Crippen LogP contribution in [0.4, 0.5) is 10.8 Å². The molecule has 3 amide bonds. The van der Waals surface area contributed by atoms with E-state index >= 15 is 0 Å². The van der Waals surface area contributed by atoms with Crippen molar-refractivity contribution in [2.24, 2.45) is 5.41 Å². The smallest absolute Gasteiger partial charge is 0.246 e. The van der Waals surface area contributed by atoms with Gasteiger partial charge in [-0.25, -0.2) is 15.0 Å². The first-order valence-electron chi connectivity index (χ1n) is 22.5. The number of aliphatic hydroxyl groups excluding tert-OH is 1. The molecule has 1 aliphatic heterocycles. The molecule has 66 heavy (non-hydrogen) atoms. The Kier molecular flexibility index (Phi) is 16.6. The van der Waals surface area contributed by atoms with Gasteiger partial charge in [0.25, 0.3) is 0 Å². The lowest BCUT2D eigenvalue weighted by Crippen LogP contribution is -2.57. The fourth-order valence-corrected chi connectivity index (χ4v) is 10.4. The number of ether oxygens (including phenoxy) is 1. The van der Waals surface area contributed by atoms with Crippen LogP contribution >= 0.6 is 45.6 Å². The molecule has 3 aromatic heterocycles. The highest BCUT2D eigenvalue weighted by Gasteiger charge is 2.44. The molecular weight excluding hydrogens is 910 g/mol. The second-order valence-electron chi connectivity index (χ2n) is 17.8. The Bertz CT molecular complexity index is 2550. The first kappa shape index (κ1) is 48.7. The van der Waals surface area contributed by atoms with Gasteiger partial charge in [0.2, 0.25) is 17.7 Å². The van der Waals surface area contributed by atoms with Crippen LogP contribution in [-0.4, -0.2) is 74.0 Å². The van der Waals surface area contributed by atoms with Gasteiger partial charge in [-0.1, -0.05) is 94.5 Å². The van der Waals surface area contributed by atoms with Crippen LogP contribution in [0, 0.1) is 12.3 Å². The highest BCUT2D eigenvalue weighted by molar-refractivity contribution is 7.16. The second kappa shape index (κ2) is 22.5. The van der Waals surface area contributed by atoms with Crippen molar-refractivity contribution < 1.29 is 24.2 Å². The highest BCUT2D eigenvalue weighted by Crippen LogP contribution is 2.36. The van der Waals surface area contributed by atoms with E-state index in [1.54, 1.807) is 22.7 Å². The zero-order valence-electron chi connectivity index (χ0n) is 38.0. The lowest BCUT2D eigenvalue weighted by Gasteiger charge is -2.35. The molecule has 0 radical (unpaired) electrons. The number of anilines is 2. The van der Waals surface area contributed by atoms with Crippen molar-refractivity contribution in [1.82, 2.24) is 30.5 Å². The number of aromatic nitrogens is 3. The summed E-state index contributed by atoms with van der Waals surface area (Å²) in [6.07, 6.45) is 5.09. The summed E-state index contributed by atoms with van der Waals surface area (Å²) in [5, 5.41) is 26.4. The normalized spacial score (nSPS) is 15.9. The fourth-order valence-electron chi connectivity index (χ4n) is 7.93. The largest absolute Gasteiger partial charge is 0.493 e. The predicted octanol–water partition coefficient (Wildman–Crippen LogP) is 11.2. The van der Waals surface area contributed by atoms with Crippen molar-refractivity contribution >= 4 is 74.2 Å². The first-order valence-corrected chi connectivity index (χ1v) is 25.5. The molecule has 16 heteroatoms. The van der Waals surface area contributed by atoms with Crippen molar-refractivity contribution in [3.8, 4) is 38.1 Å². The summed E-state index contributed by atoms with van der Waals surface area (Å²) in [5.41, 5.74) is 7.69. The number of hydrogen-bond acceptors (Lipinski definition) is 12. The van der Waals surface area contributed by atoms with Crippen LogP contribution in [0.3, 0.4) is 0 Å². The van der Waals surface area contributed by atoms with Gasteiger partial charge < -0.3 is 30.7 Å². The number of thiazole rings is 3.